The van der Waals surface area contributed by atoms with Gasteiger partial charge in [0.2, 0.25) is 5.91 Å². The Morgan fingerprint density at radius 1 is 1.03 bits per heavy atom. The number of piperazine rings is 1. The number of rotatable bonds is 4. The van der Waals surface area contributed by atoms with Crippen molar-refractivity contribution < 1.29 is 9.59 Å². The van der Waals surface area contributed by atoms with Crippen LogP contribution in [0.3, 0.4) is 0 Å². The lowest BCUT2D eigenvalue weighted by atomic mass is 10.1. The molecule has 32 heavy (non-hydrogen) atoms. The van der Waals surface area contributed by atoms with Crippen molar-refractivity contribution in [3.8, 4) is 0 Å². The van der Waals surface area contributed by atoms with Crippen LogP contribution in [0.4, 0.5) is 11.4 Å². The van der Waals surface area contributed by atoms with E-state index in [1.807, 2.05) is 62.9 Å². The first-order valence-corrected chi connectivity index (χ1v) is 11.5. The van der Waals surface area contributed by atoms with Crippen LogP contribution >= 0.6 is 23.8 Å². The van der Waals surface area contributed by atoms with Crippen molar-refractivity contribution in [1.29, 1.82) is 0 Å². The van der Waals surface area contributed by atoms with Gasteiger partial charge in [0.1, 0.15) is 0 Å². The van der Waals surface area contributed by atoms with E-state index in [-0.39, 0.29) is 22.8 Å². The molecule has 0 radical (unpaired) electrons. The van der Waals surface area contributed by atoms with E-state index in [9.17, 15) is 9.59 Å². The first kappa shape index (κ1) is 24.0. The van der Waals surface area contributed by atoms with E-state index in [1.165, 1.54) is 0 Å². The number of carbonyl (C=O) groups excluding carboxylic acids is 2. The van der Waals surface area contributed by atoms with Crippen LogP contribution in [0.2, 0.25) is 5.02 Å². The van der Waals surface area contributed by atoms with Gasteiger partial charge in [-0.25, -0.2) is 0 Å². The first-order valence-electron chi connectivity index (χ1n) is 10.7. The quantitative estimate of drug-likeness (QED) is 0.646. The van der Waals surface area contributed by atoms with Crippen molar-refractivity contribution >= 4 is 52.1 Å². The maximum atomic E-state index is 12.6. The predicted octanol–water partition coefficient (Wildman–Crippen LogP) is 4.39. The van der Waals surface area contributed by atoms with Crippen molar-refractivity contribution in [3.63, 3.8) is 0 Å². The third kappa shape index (κ3) is 5.58. The van der Waals surface area contributed by atoms with Gasteiger partial charge in [0, 0.05) is 37.7 Å². The minimum absolute atomic E-state index is 0.0163. The number of amides is 2. The molecular formula is C24H29ClN4O2S. The number of benzene rings is 2. The number of nitrogens with one attached hydrogen (secondary N) is 2. The van der Waals surface area contributed by atoms with Crippen molar-refractivity contribution in [2.45, 2.75) is 27.7 Å². The molecule has 1 fully saturated rings. The van der Waals surface area contributed by atoms with Gasteiger partial charge in [-0.2, -0.15) is 0 Å². The highest BCUT2D eigenvalue weighted by atomic mass is 35.5. The summed E-state index contributed by atoms with van der Waals surface area (Å²) in [5, 5.41) is 6.65. The second-order valence-corrected chi connectivity index (χ2v) is 9.13. The summed E-state index contributed by atoms with van der Waals surface area (Å²) in [7, 11) is 0. The van der Waals surface area contributed by atoms with E-state index in [0.717, 1.165) is 16.8 Å². The molecule has 2 N–H and O–H groups in total. The van der Waals surface area contributed by atoms with Gasteiger partial charge in [-0.3, -0.25) is 14.9 Å². The molecule has 3 rings (SSSR count). The molecule has 2 amide bonds. The monoisotopic (exact) mass is 472 g/mol. The summed E-state index contributed by atoms with van der Waals surface area (Å²) < 4.78 is 0. The van der Waals surface area contributed by atoms with Crippen LogP contribution in [0.15, 0.2) is 36.4 Å². The molecule has 8 heteroatoms. The Morgan fingerprint density at radius 3 is 2.34 bits per heavy atom. The van der Waals surface area contributed by atoms with Gasteiger partial charge in [0.15, 0.2) is 5.11 Å². The van der Waals surface area contributed by atoms with Crippen molar-refractivity contribution in [3.05, 3.63) is 58.1 Å². The molecule has 0 saturated carbocycles. The minimum atomic E-state index is -0.269. The van der Waals surface area contributed by atoms with Gasteiger partial charge in [-0.15, -0.1) is 0 Å². The standard InChI is InChI=1S/C24H29ClN4O2S/c1-15(2)23(31)29-12-10-28(11-13-29)21-19(25)6-5-7-20(21)26-24(32)27-22(30)18-9-8-16(3)17(4)14-18/h5-9,14-15H,10-13H2,1-4H3,(H2,26,27,30,32). The number of carbonyl (C=O) groups is 2. The normalized spacial score (nSPS) is 13.8. The van der Waals surface area contributed by atoms with E-state index in [2.05, 4.69) is 15.5 Å². The van der Waals surface area contributed by atoms with Crippen LogP contribution in [0.1, 0.15) is 35.3 Å². The molecule has 1 aliphatic heterocycles. The number of hydrogen-bond donors (Lipinski definition) is 2. The number of anilines is 2. The Hall–Kier alpha value is -2.64. The first-order chi connectivity index (χ1) is 15.2. The van der Waals surface area contributed by atoms with E-state index in [1.54, 1.807) is 6.07 Å². The van der Waals surface area contributed by atoms with E-state index in [0.29, 0.717) is 42.5 Å². The lowest BCUT2D eigenvalue weighted by Crippen LogP contribution is -2.50. The largest absolute Gasteiger partial charge is 0.365 e. The zero-order valence-electron chi connectivity index (χ0n) is 18.9. The third-order valence-electron chi connectivity index (χ3n) is 5.63. The van der Waals surface area contributed by atoms with Crippen LogP contribution < -0.4 is 15.5 Å². The second kappa shape index (κ2) is 10.3. The molecule has 2 aromatic carbocycles. The SMILES string of the molecule is Cc1ccc(C(=O)NC(=S)Nc2cccc(Cl)c2N2CCN(C(=O)C(C)C)CC2)cc1C. The molecule has 0 atom stereocenters. The highest BCUT2D eigenvalue weighted by Crippen LogP contribution is 2.34. The molecule has 0 aliphatic carbocycles. The van der Waals surface area contributed by atoms with Gasteiger partial charge in [0.05, 0.1) is 16.4 Å². The van der Waals surface area contributed by atoms with Crippen molar-refractivity contribution in [2.24, 2.45) is 5.92 Å². The molecule has 0 bridgehead atoms. The second-order valence-electron chi connectivity index (χ2n) is 8.31. The maximum Gasteiger partial charge on any atom is 0.257 e. The number of para-hydroxylation sites is 1. The van der Waals surface area contributed by atoms with Gasteiger partial charge in [-0.05, 0) is 61.5 Å². The lowest BCUT2D eigenvalue weighted by molar-refractivity contribution is -0.134. The smallest absolute Gasteiger partial charge is 0.257 e. The summed E-state index contributed by atoms with van der Waals surface area (Å²) in [5.74, 6) is -0.121. The third-order valence-corrected chi connectivity index (χ3v) is 6.14. The summed E-state index contributed by atoms with van der Waals surface area (Å²) >= 11 is 11.9. The molecular weight excluding hydrogens is 444 g/mol. The van der Waals surface area contributed by atoms with Crippen molar-refractivity contribution in [1.82, 2.24) is 10.2 Å². The Labute approximate surface area is 199 Å². The molecule has 1 aliphatic rings. The Kier molecular flexibility index (Phi) is 7.74. The zero-order chi connectivity index (χ0) is 23.4. The van der Waals surface area contributed by atoms with Crippen LogP contribution in [0.25, 0.3) is 0 Å². The summed E-state index contributed by atoms with van der Waals surface area (Å²) in [6.45, 7) is 10.4. The minimum Gasteiger partial charge on any atom is -0.365 e. The van der Waals surface area contributed by atoms with Gasteiger partial charge in [0.25, 0.3) is 5.91 Å². The summed E-state index contributed by atoms with van der Waals surface area (Å²) in [5.41, 5.74) is 4.25. The predicted molar refractivity (Wildman–Crippen MR) is 135 cm³/mol. The van der Waals surface area contributed by atoms with Crippen molar-refractivity contribution in [2.75, 3.05) is 36.4 Å². The van der Waals surface area contributed by atoms with Gasteiger partial charge < -0.3 is 15.1 Å². The number of aryl methyl sites for hydroxylation is 2. The summed E-state index contributed by atoms with van der Waals surface area (Å²) in [4.78, 5) is 28.9. The Balaban J connectivity index is 1.69. The van der Waals surface area contributed by atoms with Gasteiger partial charge >= 0.3 is 0 Å². The van der Waals surface area contributed by atoms with E-state index in [4.69, 9.17) is 23.8 Å². The zero-order valence-corrected chi connectivity index (χ0v) is 20.4. The van der Waals surface area contributed by atoms with Crippen LogP contribution in [0, 0.1) is 19.8 Å². The summed E-state index contributed by atoms with van der Waals surface area (Å²) in [6, 6.07) is 11.1. The van der Waals surface area contributed by atoms with Crippen LogP contribution in [-0.4, -0.2) is 48.0 Å². The summed E-state index contributed by atoms with van der Waals surface area (Å²) in [6.07, 6.45) is 0. The highest BCUT2D eigenvalue weighted by Gasteiger charge is 2.25. The fourth-order valence-corrected chi connectivity index (χ4v) is 4.16. The molecule has 6 nitrogen and oxygen atoms in total. The average molecular weight is 473 g/mol. The van der Waals surface area contributed by atoms with E-state index < -0.39 is 0 Å². The topological polar surface area (TPSA) is 64.7 Å². The van der Waals surface area contributed by atoms with Gasteiger partial charge in [-0.1, -0.05) is 37.6 Å². The number of halogens is 1. The molecule has 0 spiro atoms. The molecule has 170 valence electrons. The molecule has 2 aromatic rings. The fraction of sp³-hybridized carbons (Fsp3) is 0.375. The Bertz CT molecular complexity index is 1030. The molecule has 1 saturated heterocycles. The average Bonchev–Trinajstić information content (AvgIpc) is 2.75. The molecule has 1 heterocycles. The highest BCUT2D eigenvalue weighted by molar-refractivity contribution is 7.80. The maximum absolute atomic E-state index is 12.6. The number of hydrogen-bond acceptors (Lipinski definition) is 4. The van der Waals surface area contributed by atoms with Crippen LogP contribution in [0.5, 0.6) is 0 Å². The van der Waals surface area contributed by atoms with Crippen LogP contribution in [-0.2, 0) is 4.79 Å². The lowest BCUT2D eigenvalue weighted by Gasteiger charge is -2.38. The molecule has 0 unspecified atom stereocenters. The molecule has 0 aromatic heterocycles. The number of thiocarbonyl (C=S) groups is 1. The Morgan fingerprint density at radius 2 is 1.72 bits per heavy atom. The van der Waals surface area contributed by atoms with E-state index >= 15 is 0 Å². The number of nitrogens with zero attached hydrogens (tertiary/aromatic N) is 2. The fourth-order valence-electron chi connectivity index (χ4n) is 3.66.